The van der Waals surface area contributed by atoms with Crippen molar-refractivity contribution in [1.29, 1.82) is 0 Å². The molecule has 2 N–H and O–H groups in total. The molecule has 0 aliphatic rings. The highest BCUT2D eigenvalue weighted by atomic mass is 32.1. The van der Waals surface area contributed by atoms with E-state index in [-0.39, 0.29) is 0 Å². The predicted molar refractivity (Wildman–Crippen MR) is 85.9 cm³/mol. The molecule has 0 fully saturated rings. The quantitative estimate of drug-likeness (QED) is 0.705. The van der Waals surface area contributed by atoms with Crippen molar-refractivity contribution >= 4 is 33.2 Å². The minimum Gasteiger partial charge on any atom is -0.368 e. The van der Waals surface area contributed by atoms with E-state index in [2.05, 4.69) is 44.4 Å². The summed E-state index contributed by atoms with van der Waals surface area (Å²) in [4.78, 5) is 19.2. The largest absolute Gasteiger partial charge is 0.368 e. The van der Waals surface area contributed by atoms with Crippen LogP contribution >= 0.6 is 11.3 Å². The lowest BCUT2D eigenvalue weighted by Crippen LogP contribution is -2.15. The summed E-state index contributed by atoms with van der Waals surface area (Å²) in [5, 5.41) is 7.69. The van der Waals surface area contributed by atoms with Crippen LogP contribution in [0.5, 0.6) is 0 Å². The van der Waals surface area contributed by atoms with Gasteiger partial charge in [0.25, 0.3) is 0 Å². The van der Waals surface area contributed by atoms with Gasteiger partial charge in [0.1, 0.15) is 22.8 Å². The monoisotopic (exact) mass is 300 g/mol. The molecular weight excluding hydrogens is 284 g/mol. The first-order chi connectivity index (χ1) is 10.3. The molecule has 0 aromatic carbocycles. The van der Waals surface area contributed by atoms with Crippen LogP contribution in [0.25, 0.3) is 10.2 Å². The molecule has 0 bridgehead atoms. The fourth-order valence-electron chi connectivity index (χ4n) is 2.08. The van der Waals surface area contributed by atoms with Gasteiger partial charge in [0.15, 0.2) is 0 Å². The van der Waals surface area contributed by atoms with Crippen molar-refractivity contribution in [2.24, 2.45) is 0 Å². The molecule has 7 heteroatoms. The number of aromatic nitrogens is 4. The number of rotatable bonds is 5. The molecule has 0 aliphatic heterocycles. The van der Waals surface area contributed by atoms with Crippen molar-refractivity contribution in [3.8, 4) is 0 Å². The number of aryl methyl sites for hydroxylation is 2. The Balaban J connectivity index is 1.66. The van der Waals surface area contributed by atoms with Crippen molar-refractivity contribution in [3.05, 3.63) is 35.4 Å². The fourth-order valence-corrected chi connectivity index (χ4v) is 3.08. The number of fused-ring (bicyclic) bond motifs is 1. The first kappa shape index (κ1) is 13.7. The highest BCUT2D eigenvalue weighted by Gasteiger charge is 2.11. The van der Waals surface area contributed by atoms with Crippen LogP contribution in [0.15, 0.2) is 24.9 Å². The van der Waals surface area contributed by atoms with E-state index in [1.807, 2.05) is 0 Å². The minimum atomic E-state index is 0.742. The second-order valence-electron chi connectivity index (χ2n) is 4.63. The van der Waals surface area contributed by atoms with Crippen LogP contribution in [0.2, 0.25) is 0 Å². The molecule has 0 unspecified atom stereocenters. The first-order valence-electron chi connectivity index (χ1n) is 6.70. The standard InChI is InChI=1S/C14H16N6S/c1-9-10(2)21-14-12(9)13(19-8-20-14)18-6-5-17-11-7-15-3-4-16-11/h3-4,7-8H,5-6H2,1-2H3,(H,16,17)(H,18,19,20). The molecule has 3 heterocycles. The average Bonchev–Trinajstić information content (AvgIpc) is 2.80. The number of hydrogen-bond donors (Lipinski definition) is 2. The Bertz CT molecular complexity index is 740. The molecule has 0 aliphatic carbocycles. The molecule has 3 aromatic rings. The van der Waals surface area contributed by atoms with Gasteiger partial charge in [0, 0.05) is 30.4 Å². The topological polar surface area (TPSA) is 75.6 Å². The van der Waals surface area contributed by atoms with Crippen molar-refractivity contribution in [2.75, 3.05) is 23.7 Å². The van der Waals surface area contributed by atoms with E-state index in [9.17, 15) is 0 Å². The average molecular weight is 300 g/mol. The lowest BCUT2D eigenvalue weighted by Gasteiger charge is -2.08. The highest BCUT2D eigenvalue weighted by Crippen LogP contribution is 2.32. The molecule has 6 nitrogen and oxygen atoms in total. The first-order valence-corrected chi connectivity index (χ1v) is 7.52. The molecule has 21 heavy (non-hydrogen) atoms. The van der Waals surface area contributed by atoms with Crippen LogP contribution < -0.4 is 10.6 Å². The number of nitrogens with zero attached hydrogens (tertiary/aromatic N) is 4. The smallest absolute Gasteiger partial charge is 0.144 e. The van der Waals surface area contributed by atoms with Crippen LogP contribution in [0, 0.1) is 13.8 Å². The summed E-state index contributed by atoms with van der Waals surface area (Å²) >= 11 is 1.70. The molecule has 0 amide bonds. The van der Waals surface area contributed by atoms with Gasteiger partial charge in [-0.1, -0.05) is 0 Å². The number of anilines is 2. The van der Waals surface area contributed by atoms with Gasteiger partial charge in [-0.2, -0.15) is 0 Å². The van der Waals surface area contributed by atoms with Crippen molar-refractivity contribution in [3.63, 3.8) is 0 Å². The summed E-state index contributed by atoms with van der Waals surface area (Å²) in [7, 11) is 0. The Morgan fingerprint density at radius 3 is 2.71 bits per heavy atom. The molecule has 108 valence electrons. The molecule has 0 saturated heterocycles. The molecule has 0 radical (unpaired) electrons. The van der Waals surface area contributed by atoms with E-state index < -0.39 is 0 Å². The second kappa shape index (κ2) is 6.01. The zero-order valence-electron chi connectivity index (χ0n) is 11.9. The molecule has 0 saturated carbocycles. The van der Waals surface area contributed by atoms with Crippen molar-refractivity contribution in [2.45, 2.75) is 13.8 Å². The lowest BCUT2D eigenvalue weighted by molar-refractivity contribution is 1.03. The van der Waals surface area contributed by atoms with Crippen LogP contribution in [0.4, 0.5) is 11.6 Å². The SMILES string of the molecule is Cc1sc2ncnc(NCCNc3cnccn3)c2c1C. The van der Waals surface area contributed by atoms with Gasteiger partial charge in [-0.3, -0.25) is 4.98 Å². The van der Waals surface area contributed by atoms with Gasteiger partial charge in [0.05, 0.1) is 11.6 Å². The van der Waals surface area contributed by atoms with Crippen LogP contribution in [-0.2, 0) is 0 Å². The zero-order valence-corrected chi connectivity index (χ0v) is 12.7. The summed E-state index contributed by atoms with van der Waals surface area (Å²) in [5.74, 6) is 1.66. The van der Waals surface area contributed by atoms with Gasteiger partial charge in [-0.15, -0.1) is 11.3 Å². The maximum absolute atomic E-state index is 4.35. The van der Waals surface area contributed by atoms with Gasteiger partial charge >= 0.3 is 0 Å². The Kier molecular flexibility index (Phi) is 3.92. The van der Waals surface area contributed by atoms with Crippen LogP contribution in [0.3, 0.4) is 0 Å². The Hall–Kier alpha value is -2.28. The van der Waals surface area contributed by atoms with Crippen molar-refractivity contribution in [1.82, 2.24) is 19.9 Å². The van der Waals surface area contributed by atoms with E-state index in [1.165, 1.54) is 10.4 Å². The molecular formula is C14H16N6S. The van der Waals surface area contributed by atoms with Gasteiger partial charge in [-0.25, -0.2) is 15.0 Å². The maximum Gasteiger partial charge on any atom is 0.144 e. The number of nitrogens with one attached hydrogen (secondary N) is 2. The third-order valence-corrected chi connectivity index (χ3v) is 4.37. The maximum atomic E-state index is 4.35. The van der Waals surface area contributed by atoms with Gasteiger partial charge in [-0.05, 0) is 19.4 Å². The molecule has 3 aromatic heterocycles. The summed E-state index contributed by atoms with van der Waals surface area (Å²) < 4.78 is 0. The molecule has 0 atom stereocenters. The minimum absolute atomic E-state index is 0.742. The Labute approximate surface area is 126 Å². The van der Waals surface area contributed by atoms with Gasteiger partial charge < -0.3 is 10.6 Å². The van der Waals surface area contributed by atoms with E-state index in [0.717, 1.165) is 34.9 Å². The Morgan fingerprint density at radius 2 is 1.90 bits per heavy atom. The summed E-state index contributed by atoms with van der Waals surface area (Å²) in [6.45, 7) is 5.71. The van der Waals surface area contributed by atoms with E-state index >= 15 is 0 Å². The predicted octanol–water partition coefficient (Wildman–Crippen LogP) is 2.62. The van der Waals surface area contributed by atoms with E-state index in [1.54, 1.807) is 36.3 Å². The normalized spacial score (nSPS) is 10.8. The molecule has 0 spiro atoms. The van der Waals surface area contributed by atoms with Crippen LogP contribution in [0.1, 0.15) is 10.4 Å². The number of thiophene rings is 1. The summed E-state index contributed by atoms with van der Waals surface area (Å²) in [6, 6.07) is 0. The third-order valence-electron chi connectivity index (χ3n) is 3.25. The number of hydrogen-bond acceptors (Lipinski definition) is 7. The van der Waals surface area contributed by atoms with Crippen LogP contribution in [-0.4, -0.2) is 33.0 Å². The van der Waals surface area contributed by atoms with E-state index in [0.29, 0.717) is 0 Å². The van der Waals surface area contributed by atoms with Crippen molar-refractivity contribution < 1.29 is 0 Å². The fraction of sp³-hybridized carbons (Fsp3) is 0.286. The summed E-state index contributed by atoms with van der Waals surface area (Å²) in [5.41, 5.74) is 1.25. The highest BCUT2D eigenvalue weighted by molar-refractivity contribution is 7.18. The zero-order chi connectivity index (χ0) is 14.7. The lowest BCUT2D eigenvalue weighted by atomic mass is 10.2. The second-order valence-corrected chi connectivity index (χ2v) is 5.83. The Morgan fingerprint density at radius 1 is 1.05 bits per heavy atom. The van der Waals surface area contributed by atoms with Gasteiger partial charge in [0.2, 0.25) is 0 Å². The molecule has 3 rings (SSSR count). The summed E-state index contributed by atoms with van der Waals surface area (Å²) in [6.07, 6.45) is 6.63. The van der Waals surface area contributed by atoms with E-state index in [4.69, 9.17) is 0 Å². The third kappa shape index (κ3) is 2.92.